The quantitative estimate of drug-likeness (QED) is 0.879. The Morgan fingerprint density at radius 3 is 2.82 bits per heavy atom. The molecule has 1 aliphatic carbocycles. The van der Waals surface area contributed by atoms with Crippen LogP contribution in [0.15, 0.2) is 22.7 Å². The second-order valence-electron chi connectivity index (χ2n) is 4.29. The van der Waals surface area contributed by atoms with Crippen molar-refractivity contribution in [1.29, 1.82) is 0 Å². The molecule has 2 rings (SSSR count). The largest absolute Gasteiger partial charge is 0.480 e. The van der Waals surface area contributed by atoms with Gasteiger partial charge < -0.3 is 10.4 Å². The highest BCUT2D eigenvalue weighted by Crippen LogP contribution is 2.29. The van der Waals surface area contributed by atoms with E-state index in [0.717, 1.165) is 12.8 Å². The zero-order valence-electron chi connectivity index (χ0n) is 9.12. The van der Waals surface area contributed by atoms with Crippen LogP contribution < -0.4 is 5.32 Å². The number of carboxylic acid groups (broad SMARTS) is 1. The van der Waals surface area contributed by atoms with Crippen molar-refractivity contribution in [1.82, 2.24) is 5.32 Å². The Morgan fingerprint density at radius 1 is 1.59 bits per heavy atom. The van der Waals surface area contributed by atoms with Crippen molar-refractivity contribution in [3.63, 3.8) is 0 Å². The molecular weight excluding hydrogens is 289 g/mol. The third-order valence-electron chi connectivity index (χ3n) is 2.83. The van der Waals surface area contributed by atoms with Crippen LogP contribution in [-0.2, 0) is 4.79 Å². The van der Waals surface area contributed by atoms with E-state index in [2.05, 4.69) is 21.2 Å². The second-order valence-corrected chi connectivity index (χ2v) is 5.20. The van der Waals surface area contributed by atoms with E-state index in [4.69, 9.17) is 5.11 Å². The highest BCUT2D eigenvalue weighted by atomic mass is 79.9. The van der Waals surface area contributed by atoms with Gasteiger partial charge >= 0.3 is 5.97 Å². The molecule has 1 unspecified atom stereocenters. The fourth-order valence-electron chi connectivity index (χ4n) is 1.67. The lowest BCUT2D eigenvalue weighted by molar-refractivity contribution is -0.139. The van der Waals surface area contributed by atoms with E-state index in [1.54, 1.807) is 6.07 Å². The summed E-state index contributed by atoms with van der Waals surface area (Å²) in [7, 11) is 0. The Balaban J connectivity index is 2.15. The maximum absolute atomic E-state index is 13.7. The van der Waals surface area contributed by atoms with Gasteiger partial charge in [-0.05, 0) is 37.4 Å². The maximum Gasteiger partial charge on any atom is 0.325 e. The summed E-state index contributed by atoms with van der Waals surface area (Å²) in [6.07, 6.45) is 2.25. The summed E-state index contributed by atoms with van der Waals surface area (Å²) >= 11 is 3.15. The minimum Gasteiger partial charge on any atom is -0.480 e. The van der Waals surface area contributed by atoms with E-state index >= 15 is 0 Å². The molecule has 0 radical (unpaired) electrons. The van der Waals surface area contributed by atoms with Crippen LogP contribution in [0.25, 0.3) is 0 Å². The van der Waals surface area contributed by atoms with Crippen LogP contribution in [0.2, 0.25) is 0 Å². The Labute approximate surface area is 107 Å². The van der Waals surface area contributed by atoms with Crippen molar-refractivity contribution in [3.05, 3.63) is 34.1 Å². The summed E-state index contributed by atoms with van der Waals surface area (Å²) in [6.45, 7) is 0.631. The number of nitrogens with one attached hydrogen (secondary N) is 1. The zero-order valence-corrected chi connectivity index (χ0v) is 10.7. The van der Waals surface area contributed by atoms with Crippen molar-refractivity contribution < 1.29 is 14.3 Å². The predicted molar refractivity (Wildman–Crippen MR) is 65.2 cm³/mol. The molecule has 1 fully saturated rings. The minimum absolute atomic E-state index is 0.182. The Kier molecular flexibility index (Phi) is 3.79. The van der Waals surface area contributed by atoms with Gasteiger partial charge in [0.25, 0.3) is 0 Å². The van der Waals surface area contributed by atoms with Gasteiger partial charge in [0.15, 0.2) is 0 Å². The van der Waals surface area contributed by atoms with Crippen molar-refractivity contribution in [3.8, 4) is 0 Å². The van der Waals surface area contributed by atoms with Crippen molar-refractivity contribution in [2.75, 3.05) is 6.54 Å². The Hall–Kier alpha value is -0.940. The van der Waals surface area contributed by atoms with Crippen molar-refractivity contribution in [2.24, 2.45) is 5.92 Å². The molecular formula is C12H13BrFNO2. The summed E-state index contributed by atoms with van der Waals surface area (Å²) in [4.78, 5) is 11.1. The molecule has 3 nitrogen and oxygen atoms in total. The first kappa shape index (κ1) is 12.5. The van der Waals surface area contributed by atoms with Gasteiger partial charge in [0.05, 0.1) is 0 Å². The number of aliphatic carboxylic acids is 1. The molecule has 1 saturated carbocycles. The molecule has 0 heterocycles. The number of rotatable bonds is 5. The lowest BCUT2D eigenvalue weighted by Gasteiger charge is -2.15. The third kappa shape index (κ3) is 3.26. The topological polar surface area (TPSA) is 49.3 Å². The smallest absolute Gasteiger partial charge is 0.325 e. The number of halogens is 2. The standard InChI is InChI=1S/C12H13BrFNO2/c13-8-3-4-9(10(14)5-8)11(12(16)17)15-6-7-1-2-7/h3-5,7,11,15H,1-2,6H2,(H,16,17). The number of hydrogen-bond acceptors (Lipinski definition) is 2. The molecule has 1 atom stereocenters. The van der Waals surface area contributed by atoms with E-state index in [0.29, 0.717) is 16.9 Å². The first-order valence-electron chi connectivity index (χ1n) is 5.49. The van der Waals surface area contributed by atoms with Crippen LogP contribution in [0.1, 0.15) is 24.4 Å². The van der Waals surface area contributed by atoms with Gasteiger partial charge in [0.1, 0.15) is 11.9 Å². The van der Waals surface area contributed by atoms with Gasteiger partial charge in [-0.2, -0.15) is 0 Å². The summed E-state index contributed by atoms with van der Waals surface area (Å²) in [5.74, 6) is -1.00. The van der Waals surface area contributed by atoms with Gasteiger partial charge in [0.2, 0.25) is 0 Å². The molecule has 0 aromatic heterocycles. The van der Waals surface area contributed by atoms with E-state index in [9.17, 15) is 9.18 Å². The van der Waals surface area contributed by atoms with Crippen LogP contribution in [0.4, 0.5) is 4.39 Å². The second kappa shape index (κ2) is 5.14. The monoisotopic (exact) mass is 301 g/mol. The highest BCUT2D eigenvalue weighted by Gasteiger charge is 2.27. The van der Waals surface area contributed by atoms with Crippen LogP contribution in [0.5, 0.6) is 0 Å². The number of carboxylic acids is 1. The normalized spacial score (nSPS) is 16.8. The number of hydrogen-bond donors (Lipinski definition) is 2. The maximum atomic E-state index is 13.7. The lowest BCUT2D eigenvalue weighted by Crippen LogP contribution is -2.30. The molecule has 0 aliphatic heterocycles. The molecule has 0 spiro atoms. The number of carbonyl (C=O) groups is 1. The van der Waals surface area contributed by atoms with Gasteiger partial charge in [-0.25, -0.2) is 4.39 Å². The molecule has 2 N–H and O–H groups in total. The van der Waals surface area contributed by atoms with Crippen LogP contribution in [0.3, 0.4) is 0 Å². The zero-order chi connectivity index (χ0) is 12.4. The fraction of sp³-hybridized carbons (Fsp3) is 0.417. The average Bonchev–Trinajstić information content (AvgIpc) is 3.04. The average molecular weight is 302 g/mol. The SMILES string of the molecule is O=C(O)C(NCC1CC1)c1ccc(Br)cc1F. The molecule has 0 amide bonds. The summed E-state index contributed by atoms with van der Waals surface area (Å²) in [5, 5.41) is 12.0. The van der Waals surface area contributed by atoms with E-state index < -0.39 is 17.8 Å². The van der Waals surface area contributed by atoms with Crippen molar-refractivity contribution in [2.45, 2.75) is 18.9 Å². The van der Waals surface area contributed by atoms with Crippen LogP contribution >= 0.6 is 15.9 Å². The number of benzene rings is 1. The van der Waals surface area contributed by atoms with Gasteiger partial charge in [-0.1, -0.05) is 22.0 Å². The minimum atomic E-state index is -1.05. The first-order chi connectivity index (χ1) is 8.08. The Bertz CT molecular complexity index is 435. The molecule has 0 saturated heterocycles. The van der Waals surface area contributed by atoms with Gasteiger partial charge in [0, 0.05) is 10.0 Å². The summed E-state index contributed by atoms with van der Waals surface area (Å²) in [5.41, 5.74) is 0.182. The van der Waals surface area contributed by atoms with Crippen LogP contribution in [0, 0.1) is 11.7 Å². The van der Waals surface area contributed by atoms with E-state index in [-0.39, 0.29) is 5.56 Å². The molecule has 1 aliphatic rings. The highest BCUT2D eigenvalue weighted by molar-refractivity contribution is 9.10. The third-order valence-corrected chi connectivity index (χ3v) is 3.32. The van der Waals surface area contributed by atoms with Crippen molar-refractivity contribution >= 4 is 21.9 Å². The molecule has 17 heavy (non-hydrogen) atoms. The Morgan fingerprint density at radius 2 is 2.29 bits per heavy atom. The predicted octanol–water partition coefficient (Wildman–Crippen LogP) is 2.71. The van der Waals surface area contributed by atoms with E-state index in [1.807, 2.05) is 0 Å². The fourth-order valence-corrected chi connectivity index (χ4v) is 2.01. The first-order valence-corrected chi connectivity index (χ1v) is 6.28. The lowest BCUT2D eigenvalue weighted by atomic mass is 10.1. The molecule has 92 valence electrons. The molecule has 0 bridgehead atoms. The van der Waals surface area contributed by atoms with Crippen LogP contribution in [-0.4, -0.2) is 17.6 Å². The van der Waals surface area contributed by atoms with E-state index in [1.165, 1.54) is 12.1 Å². The molecule has 1 aromatic rings. The van der Waals surface area contributed by atoms with Gasteiger partial charge in [-0.3, -0.25) is 4.79 Å². The summed E-state index contributed by atoms with van der Waals surface area (Å²) < 4.78 is 14.3. The molecule has 5 heteroatoms. The molecule has 1 aromatic carbocycles. The summed E-state index contributed by atoms with van der Waals surface area (Å²) in [6, 6.07) is 3.46. The van der Waals surface area contributed by atoms with Gasteiger partial charge in [-0.15, -0.1) is 0 Å².